The van der Waals surface area contributed by atoms with Gasteiger partial charge in [-0.1, -0.05) is 6.92 Å². The van der Waals surface area contributed by atoms with Crippen molar-refractivity contribution in [2.24, 2.45) is 0 Å². The Kier molecular flexibility index (Phi) is 3.66. The summed E-state index contributed by atoms with van der Waals surface area (Å²) in [6.45, 7) is 1.59. The minimum Gasteiger partial charge on any atom is -0.339 e. The van der Waals surface area contributed by atoms with Crippen molar-refractivity contribution in [1.82, 2.24) is 14.4 Å². The molecular weight excluding hydrogens is 349 g/mol. The van der Waals surface area contributed by atoms with E-state index in [9.17, 15) is 31.5 Å². The Morgan fingerprint density at radius 3 is 2.52 bits per heavy atom. The van der Waals surface area contributed by atoms with Gasteiger partial charge in [0.25, 0.3) is 0 Å². The molecule has 0 unspecified atom stereocenters. The van der Waals surface area contributed by atoms with Crippen molar-refractivity contribution in [3.8, 4) is 0 Å². The Hall–Kier alpha value is -2.78. The second-order valence-corrected chi connectivity index (χ2v) is 5.35. The van der Waals surface area contributed by atoms with Gasteiger partial charge in [-0.05, 0) is 12.1 Å². The topological polar surface area (TPSA) is 67.2 Å². The number of halogens is 5. The lowest BCUT2D eigenvalue weighted by Gasteiger charge is -2.19. The number of aromatic amines is 1. The standard InChI is InChI=1S/C15H10F5N3O2/c1-2-9(24)8-6-23-12(21-8)4-3-7-10(25)5-11(22-13(7)23)14(16,17)15(18,19)20/h3-6H,2H2,1H3,(H,22,25). The normalized spacial score (nSPS) is 12.9. The van der Waals surface area contributed by atoms with Crippen LogP contribution >= 0.6 is 0 Å². The molecule has 0 spiro atoms. The summed E-state index contributed by atoms with van der Waals surface area (Å²) in [5.41, 5.74) is -2.74. The van der Waals surface area contributed by atoms with Gasteiger partial charge in [0.2, 0.25) is 0 Å². The largest absolute Gasteiger partial charge is 0.459 e. The summed E-state index contributed by atoms with van der Waals surface area (Å²) in [5.74, 6) is -5.57. The lowest BCUT2D eigenvalue weighted by molar-refractivity contribution is -0.290. The summed E-state index contributed by atoms with van der Waals surface area (Å²) in [6, 6.07) is 2.83. The van der Waals surface area contributed by atoms with Crippen LogP contribution in [0.2, 0.25) is 0 Å². The molecular formula is C15H10F5N3O2. The van der Waals surface area contributed by atoms with Crippen molar-refractivity contribution in [3.63, 3.8) is 0 Å². The van der Waals surface area contributed by atoms with E-state index in [4.69, 9.17) is 0 Å². The van der Waals surface area contributed by atoms with Crippen molar-refractivity contribution in [3.05, 3.63) is 46.0 Å². The Bertz CT molecular complexity index is 1050. The van der Waals surface area contributed by atoms with Crippen LogP contribution in [0.1, 0.15) is 29.5 Å². The molecule has 3 rings (SSSR count). The lowest BCUT2D eigenvalue weighted by Crippen LogP contribution is -2.35. The summed E-state index contributed by atoms with van der Waals surface area (Å²) >= 11 is 0. The van der Waals surface area contributed by atoms with Gasteiger partial charge in [-0.2, -0.15) is 22.0 Å². The third-order valence-corrected chi connectivity index (χ3v) is 3.72. The molecule has 0 bridgehead atoms. The van der Waals surface area contributed by atoms with Crippen LogP contribution in [-0.4, -0.2) is 26.3 Å². The van der Waals surface area contributed by atoms with E-state index in [0.29, 0.717) is 0 Å². The summed E-state index contributed by atoms with van der Waals surface area (Å²) in [7, 11) is 0. The van der Waals surface area contributed by atoms with Crippen molar-refractivity contribution in [1.29, 1.82) is 0 Å². The number of H-pyrrole nitrogens is 1. The monoisotopic (exact) mass is 359 g/mol. The highest BCUT2D eigenvalue weighted by Crippen LogP contribution is 2.42. The number of ketones is 1. The second-order valence-electron chi connectivity index (χ2n) is 5.35. The zero-order valence-corrected chi connectivity index (χ0v) is 12.6. The van der Waals surface area contributed by atoms with Gasteiger partial charge in [-0.3, -0.25) is 14.0 Å². The zero-order chi connectivity index (χ0) is 18.6. The van der Waals surface area contributed by atoms with Gasteiger partial charge in [-0.15, -0.1) is 0 Å². The fraction of sp³-hybridized carbons (Fsp3) is 0.267. The SMILES string of the molecule is CCC(=O)c1cn2c(ccc3c(=O)cc(C(F)(F)C(F)(F)F)[nH]c32)n1. The quantitative estimate of drug-likeness (QED) is 0.576. The molecule has 10 heteroatoms. The second kappa shape index (κ2) is 5.36. The first-order chi connectivity index (χ1) is 11.6. The number of hydrogen-bond donors (Lipinski definition) is 1. The smallest absolute Gasteiger partial charge is 0.339 e. The molecule has 0 aliphatic rings. The molecule has 5 nitrogen and oxygen atoms in total. The number of alkyl halides is 5. The molecule has 0 aliphatic heterocycles. The lowest BCUT2D eigenvalue weighted by atomic mass is 10.1. The zero-order valence-electron chi connectivity index (χ0n) is 12.6. The maximum Gasteiger partial charge on any atom is 0.459 e. The average molecular weight is 359 g/mol. The van der Waals surface area contributed by atoms with E-state index in [2.05, 4.69) is 4.98 Å². The number of nitrogens with one attached hydrogen (secondary N) is 1. The first-order valence-electron chi connectivity index (χ1n) is 7.09. The van der Waals surface area contributed by atoms with Crippen molar-refractivity contribution < 1.29 is 26.7 Å². The number of Topliss-reactive ketones (excluding diaryl/α,β-unsaturated/α-hetero) is 1. The number of aromatic nitrogens is 3. The van der Waals surface area contributed by atoms with Gasteiger partial charge in [0.05, 0.1) is 5.39 Å². The Labute approximate surface area is 136 Å². The van der Waals surface area contributed by atoms with E-state index in [1.54, 1.807) is 6.92 Å². The summed E-state index contributed by atoms with van der Waals surface area (Å²) in [6.07, 6.45) is -4.54. The van der Waals surface area contributed by atoms with Gasteiger partial charge in [0.1, 0.15) is 22.7 Å². The fourth-order valence-electron chi connectivity index (χ4n) is 2.39. The number of hydrogen-bond acceptors (Lipinski definition) is 3. The van der Waals surface area contributed by atoms with Gasteiger partial charge in [0, 0.05) is 18.7 Å². The highest BCUT2D eigenvalue weighted by atomic mass is 19.4. The highest BCUT2D eigenvalue weighted by molar-refractivity contribution is 5.95. The first-order valence-corrected chi connectivity index (χ1v) is 7.09. The molecule has 0 saturated heterocycles. The molecule has 132 valence electrons. The van der Waals surface area contributed by atoms with Crippen LogP contribution < -0.4 is 5.43 Å². The molecule has 0 aromatic carbocycles. The summed E-state index contributed by atoms with van der Waals surface area (Å²) < 4.78 is 66.0. The van der Waals surface area contributed by atoms with Crippen LogP contribution in [-0.2, 0) is 5.92 Å². The van der Waals surface area contributed by atoms with E-state index in [1.807, 2.05) is 4.98 Å². The molecule has 3 heterocycles. The fourth-order valence-corrected chi connectivity index (χ4v) is 2.39. The molecule has 0 fully saturated rings. The number of pyridine rings is 2. The molecule has 0 amide bonds. The number of rotatable bonds is 3. The number of carbonyl (C=O) groups is 1. The molecule has 3 aromatic rings. The maximum atomic E-state index is 13.6. The van der Waals surface area contributed by atoms with Crippen molar-refractivity contribution in [2.75, 3.05) is 0 Å². The number of fused-ring (bicyclic) bond motifs is 3. The van der Waals surface area contributed by atoms with Gasteiger partial charge in [0.15, 0.2) is 11.2 Å². The summed E-state index contributed by atoms with van der Waals surface area (Å²) in [5, 5.41) is -0.109. The number of carbonyl (C=O) groups excluding carboxylic acids is 1. The molecule has 25 heavy (non-hydrogen) atoms. The van der Waals surface area contributed by atoms with Crippen LogP contribution in [0, 0.1) is 0 Å². The molecule has 1 N–H and O–H groups in total. The summed E-state index contributed by atoms with van der Waals surface area (Å²) in [4.78, 5) is 29.7. The number of nitrogens with zero attached hydrogens (tertiary/aromatic N) is 2. The Morgan fingerprint density at radius 1 is 1.24 bits per heavy atom. The molecule has 0 radical (unpaired) electrons. The molecule has 0 aliphatic carbocycles. The van der Waals surface area contributed by atoms with Crippen molar-refractivity contribution in [2.45, 2.75) is 25.4 Å². The van der Waals surface area contributed by atoms with E-state index in [1.165, 1.54) is 18.3 Å². The van der Waals surface area contributed by atoms with Crippen LogP contribution in [0.5, 0.6) is 0 Å². The average Bonchev–Trinajstić information content (AvgIpc) is 2.97. The van der Waals surface area contributed by atoms with Gasteiger partial charge < -0.3 is 4.98 Å². The van der Waals surface area contributed by atoms with Crippen molar-refractivity contribution >= 4 is 22.5 Å². The van der Waals surface area contributed by atoms with Crippen LogP contribution in [0.25, 0.3) is 16.7 Å². The van der Waals surface area contributed by atoms with E-state index >= 15 is 0 Å². The van der Waals surface area contributed by atoms with Crippen LogP contribution in [0.3, 0.4) is 0 Å². The third kappa shape index (κ3) is 2.57. The Morgan fingerprint density at radius 2 is 1.92 bits per heavy atom. The predicted octanol–water partition coefficient (Wildman–Crippen LogP) is 3.42. The van der Waals surface area contributed by atoms with Crippen LogP contribution in [0.15, 0.2) is 29.2 Å². The minimum atomic E-state index is -5.87. The molecule has 3 aromatic heterocycles. The maximum absolute atomic E-state index is 13.6. The van der Waals surface area contributed by atoms with Gasteiger partial charge >= 0.3 is 12.1 Å². The predicted molar refractivity (Wildman–Crippen MR) is 77.9 cm³/mol. The Balaban J connectivity index is 2.35. The van der Waals surface area contributed by atoms with Gasteiger partial charge in [-0.25, -0.2) is 4.98 Å². The first kappa shape index (κ1) is 17.1. The molecule has 0 atom stereocenters. The van der Waals surface area contributed by atoms with E-state index in [-0.39, 0.29) is 40.6 Å². The van der Waals surface area contributed by atoms with E-state index < -0.39 is 23.2 Å². The number of imidazole rings is 1. The van der Waals surface area contributed by atoms with Crippen LogP contribution in [0.4, 0.5) is 22.0 Å². The van der Waals surface area contributed by atoms with E-state index in [0.717, 1.165) is 4.40 Å². The highest BCUT2D eigenvalue weighted by Gasteiger charge is 2.59. The minimum absolute atomic E-state index is 0.0174. The molecule has 0 saturated carbocycles. The third-order valence-electron chi connectivity index (χ3n) is 3.72.